The van der Waals surface area contributed by atoms with E-state index < -0.39 is 0 Å². The molecule has 0 bridgehead atoms. The van der Waals surface area contributed by atoms with Gasteiger partial charge in [0.05, 0.1) is 0 Å². The predicted octanol–water partition coefficient (Wildman–Crippen LogP) is 0.457. The van der Waals surface area contributed by atoms with Gasteiger partial charge in [0, 0.05) is 25.4 Å². The van der Waals surface area contributed by atoms with Crippen LogP contribution < -0.4 is 22.3 Å². The molecule has 1 unspecified atom stereocenters. The Morgan fingerprint density at radius 1 is 1.47 bits per heavy atom. The second-order valence-electron chi connectivity index (χ2n) is 4.76. The molecule has 1 aromatic rings. The molecular formula is C12H20N4O2S. The Labute approximate surface area is 116 Å². The molecule has 3 N–H and O–H groups in total. The quantitative estimate of drug-likeness (QED) is 0.839. The zero-order valence-electron chi connectivity index (χ0n) is 11.3. The first-order chi connectivity index (χ1) is 9.06. The first-order valence-electron chi connectivity index (χ1n) is 6.49. The van der Waals surface area contributed by atoms with Crippen LogP contribution in [0.5, 0.6) is 0 Å². The number of hydrogen-bond acceptors (Lipinski definition) is 5. The molecule has 2 rings (SSSR count). The highest BCUT2D eigenvalue weighted by molar-refractivity contribution is 7.99. The molecule has 1 aliphatic rings. The number of aromatic nitrogens is 2. The Morgan fingerprint density at radius 2 is 2.21 bits per heavy atom. The molecule has 106 valence electrons. The smallest absolute Gasteiger partial charge is 0.332 e. The van der Waals surface area contributed by atoms with Crippen LogP contribution in [0.15, 0.2) is 9.59 Å². The highest BCUT2D eigenvalue weighted by atomic mass is 32.2. The Kier molecular flexibility index (Phi) is 4.24. The lowest BCUT2D eigenvalue weighted by Gasteiger charge is -2.18. The van der Waals surface area contributed by atoms with E-state index >= 15 is 0 Å². The molecule has 7 heteroatoms. The summed E-state index contributed by atoms with van der Waals surface area (Å²) in [6, 6.07) is 0.257. The molecule has 1 saturated heterocycles. The van der Waals surface area contributed by atoms with Crippen molar-refractivity contribution in [3.63, 3.8) is 0 Å². The van der Waals surface area contributed by atoms with Crippen LogP contribution in [-0.2, 0) is 13.6 Å². The van der Waals surface area contributed by atoms with Gasteiger partial charge in [-0.3, -0.25) is 13.9 Å². The van der Waals surface area contributed by atoms with Gasteiger partial charge in [-0.25, -0.2) is 4.79 Å². The average Bonchev–Trinajstić information content (AvgIpc) is 2.90. The minimum absolute atomic E-state index is 0.256. The van der Waals surface area contributed by atoms with Gasteiger partial charge in [0.2, 0.25) is 0 Å². The third-order valence-electron chi connectivity index (χ3n) is 3.31. The van der Waals surface area contributed by atoms with Crippen LogP contribution in [0.3, 0.4) is 0 Å². The van der Waals surface area contributed by atoms with E-state index in [0.717, 1.165) is 28.9 Å². The van der Waals surface area contributed by atoms with Crippen molar-refractivity contribution in [1.29, 1.82) is 0 Å². The van der Waals surface area contributed by atoms with E-state index in [1.807, 2.05) is 18.7 Å². The van der Waals surface area contributed by atoms with Crippen LogP contribution in [0, 0.1) is 0 Å². The third-order valence-corrected chi connectivity index (χ3v) is 4.47. The molecule has 1 fully saturated rings. The maximum atomic E-state index is 12.2. The van der Waals surface area contributed by atoms with E-state index in [1.54, 1.807) is 0 Å². The van der Waals surface area contributed by atoms with Crippen molar-refractivity contribution in [2.24, 2.45) is 7.05 Å². The minimum atomic E-state index is -0.351. The summed E-state index contributed by atoms with van der Waals surface area (Å²) in [6.07, 6.45) is 1.81. The Balaban J connectivity index is 2.46. The Hall–Kier alpha value is -1.37. The van der Waals surface area contributed by atoms with Gasteiger partial charge < -0.3 is 11.1 Å². The lowest BCUT2D eigenvalue weighted by atomic mass is 10.2. The van der Waals surface area contributed by atoms with Crippen molar-refractivity contribution < 1.29 is 0 Å². The summed E-state index contributed by atoms with van der Waals surface area (Å²) in [4.78, 5) is 24.2. The molecule has 1 aliphatic heterocycles. The van der Waals surface area contributed by atoms with E-state index in [1.165, 1.54) is 11.6 Å². The molecule has 0 aliphatic carbocycles. The predicted molar refractivity (Wildman–Crippen MR) is 80.0 cm³/mol. The van der Waals surface area contributed by atoms with Gasteiger partial charge in [0.1, 0.15) is 11.5 Å². The van der Waals surface area contributed by atoms with E-state index in [2.05, 4.69) is 5.32 Å². The summed E-state index contributed by atoms with van der Waals surface area (Å²) in [5, 5.41) is 3.21. The van der Waals surface area contributed by atoms with Crippen molar-refractivity contribution >= 4 is 23.3 Å². The Bertz CT molecular complexity index is 572. The van der Waals surface area contributed by atoms with Crippen molar-refractivity contribution in [3.8, 4) is 0 Å². The van der Waals surface area contributed by atoms with E-state index in [0.29, 0.717) is 12.2 Å². The molecule has 1 aromatic heterocycles. The molecule has 6 nitrogen and oxygen atoms in total. The molecule has 19 heavy (non-hydrogen) atoms. The maximum Gasteiger partial charge on any atom is 0.332 e. The summed E-state index contributed by atoms with van der Waals surface area (Å²) < 4.78 is 2.59. The van der Waals surface area contributed by atoms with Gasteiger partial charge in [0.15, 0.2) is 0 Å². The zero-order chi connectivity index (χ0) is 14.0. The molecule has 2 heterocycles. The molecular weight excluding hydrogens is 264 g/mol. The van der Waals surface area contributed by atoms with Crippen molar-refractivity contribution in [2.75, 3.05) is 22.6 Å². The average molecular weight is 284 g/mol. The standard InChI is InChI=1S/C12H20N4O2S/c1-3-5-16-10(13)9(11(17)15(2)12(16)18)14-8-4-6-19-7-8/h8,14H,3-7,13H2,1-2H3. The van der Waals surface area contributed by atoms with Gasteiger partial charge in [-0.15, -0.1) is 0 Å². The van der Waals surface area contributed by atoms with Gasteiger partial charge in [-0.05, 0) is 18.6 Å². The number of hydrogen-bond donors (Lipinski definition) is 2. The molecule has 0 saturated carbocycles. The summed E-state index contributed by atoms with van der Waals surface area (Å²) in [5.41, 5.74) is 5.67. The zero-order valence-corrected chi connectivity index (χ0v) is 12.1. The SMILES string of the molecule is CCCn1c(N)c(NC2CCSC2)c(=O)n(C)c1=O. The van der Waals surface area contributed by atoms with Gasteiger partial charge >= 0.3 is 5.69 Å². The highest BCUT2D eigenvalue weighted by Gasteiger charge is 2.20. The van der Waals surface area contributed by atoms with Crippen LogP contribution in [0.25, 0.3) is 0 Å². The normalized spacial score (nSPS) is 18.7. The second kappa shape index (κ2) is 5.73. The molecule has 0 amide bonds. The first-order valence-corrected chi connectivity index (χ1v) is 7.65. The van der Waals surface area contributed by atoms with Crippen LogP contribution >= 0.6 is 11.8 Å². The lowest BCUT2D eigenvalue weighted by Crippen LogP contribution is -2.41. The molecule has 0 aromatic carbocycles. The number of rotatable bonds is 4. The van der Waals surface area contributed by atoms with Gasteiger partial charge in [0.25, 0.3) is 5.56 Å². The summed E-state index contributed by atoms with van der Waals surface area (Å²) in [5.74, 6) is 2.31. The van der Waals surface area contributed by atoms with Crippen LogP contribution in [0.2, 0.25) is 0 Å². The topological polar surface area (TPSA) is 82.0 Å². The number of nitrogens with one attached hydrogen (secondary N) is 1. The van der Waals surface area contributed by atoms with E-state index in [-0.39, 0.29) is 23.1 Å². The van der Waals surface area contributed by atoms with Crippen LogP contribution in [-0.4, -0.2) is 26.7 Å². The summed E-state index contributed by atoms with van der Waals surface area (Å²) in [6.45, 7) is 2.49. The van der Waals surface area contributed by atoms with Gasteiger partial charge in [-0.2, -0.15) is 11.8 Å². The fraction of sp³-hybridized carbons (Fsp3) is 0.667. The minimum Gasteiger partial charge on any atom is -0.383 e. The summed E-state index contributed by atoms with van der Waals surface area (Å²) >= 11 is 1.85. The van der Waals surface area contributed by atoms with Crippen molar-refractivity contribution in [3.05, 3.63) is 20.8 Å². The first kappa shape index (κ1) is 14.0. The van der Waals surface area contributed by atoms with Crippen molar-refractivity contribution in [2.45, 2.75) is 32.4 Å². The van der Waals surface area contributed by atoms with Gasteiger partial charge in [-0.1, -0.05) is 6.92 Å². The number of nitrogen functional groups attached to an aromatic ring is 1. The van der Waals surface area contributed by atoms with Crippen LogP contribution in [0.1, 0.15) is 19.8 Å². The number of thioether (sulfide) groups is 1. The largest absolute Gasteiger partial charge is 0.383 e. The second-order valence-corrected chi connectivity index (χ2v) is 5.91. The Morgan fingerprint density at radius 3 is 2.79 bits per heavy atom. The summed E-state index contributed by atoms with van der Waals surface area (Å²) in [7, 11) is 1.49. The fourth-order valence-corrected chi connectivity index (χ4v) is 3.36. The molecule has 0 spiro atoms. The third kappa shape index (κ3) is 2.65. The molecule has 1 atom stereocenters. The highest BCUT2D eigenvalue weighted by Crippen LogP contribution is 2.22. The number of nitrogens with two attached hydrogens (primary N) is 1. The van der Waals surface area contributed by atoms with E-state index in [9.17, 15) is 9.59 Å². The van der Waals surface area contributed by atoms with E-state index in [4.69, 9.17) is 5.73 Å². The molecule has 0 radical (unpaired) electrons. The van der Waals surface area contributed by atoms with Crippen LogP contribution in [0.4, 0.5) is 11.5 Å². The fourth-order valence-electron chi connectivity index (χ4n) is 2.21. The lowest BCUT2D eigenvalue weighted by molar-refractivity contribution is 0.599. The number of nitrogens with zero attached hydrogens (tertiary/aromatic N) is 2. The number of anilines is 2. The monoisotopic (exact) mass is 284 g/mol. The van der Waals surface area contributed by atoms with Crippen molar-refractivity contribution in [1.82, 2.24) is 9.13 Å². The maximum absolute atomic E-state index is 12.2.